The van der Waals surface area contributed by atoms with Crippen LogP contribution in [0.5, 0.6) is 0 Å². The standard InChI is InChI=1S/C26H31N3O5S/c1-26(2,35(3,31)32)16-24(30)28-34-25-14-12-22(18-33-25)29-17-21-15-20(11-13-23(21)27-29)10-9-19-7-5-4-6-8-19/h4-11,13,15,17,22,25H,12,14,16,18H2,1-3H3,(H,28,30). The van der Waals surface area contributed by atoms with Crippen molar-refractivity contribution in [1.82, 2.24) is 15.3 Å². The van der Waals surface area contributed by atoms with E-state index in [2.05, 4.69) is 35.8 Å². The molecule has 1 saturated heterocycles. The van der Waals surface area contributed by atoms with Crippen molar-refractivity contribution in [2.45, 2.75) is 50.2 Å². The van der Waals surface area contributed by atoms with E-state index in [1.165, 1.54) is 13.8 Å². The van der Waals surface area contributed by atoms with Crippen LogP contribution in [0.3, 0.4) is 0 Å². The van der Waals surface area contributed by atoms with Crippen molar-refractivity contribution in [1.29, 1.82) is 0 Å². The second-order valence-corrected chi connectivity index (χ2v) is 12.2. The topological polar surface area (TPSA) is 99.5 Å². The normalized spacial score (nSPS) is 19.3. The molecule has 35 heavy (non-hydrogen) atoms. The molecule has 1 aliphatic heterocycles. The third kappa shape index (κ3) is 6.36. The van der Waals surface area contributed by atoms with Crippen molar-refractivity contribution in [2.75, 3.05) is 12.9 Å². The van der Waals surface area contributed by atoms with E-state index in [4.69, 9.17) is 14.7 Å². The lowest BCUT2D eigenvalue weighted by molar-refractivity contribution is -0.208. The quantitative estimate of drug-likeness (QED) is 0.371. The predicted molar refractivity (Wildman–Crippen MR) is 136 cm³/mol. The second kappa shape index (κ2) is 10.3. The zero-order valence-corrected chi connectivity index (χ0v) is 21.0. The lowest BCUT2D eigenvalue weighted by Gasteiger charge is -2.29. The summed E-state index contributed by atoms with van der Waals surface area (Å²) in [6, 6.07) is 16.4. The SMILES string of the molecule is CC(C)(CC(=O)NOC1CCC(n2cc3cc(C=Cc4ccccc4)ccc3n2)CO1)S(C)(=O)=O. The highest BCUT2D eigenvalue weighted by atomic mass is 32.2. The minimum absolute atomic E-state index is 0.0606. The number of nitrogens with zero attached hydrogens (tertiary/aromatic N) is 2. The summed E-state index contributed by atoms with van der Waals surface area (Å²) < 4.78 is 30.1. The van der Waals surface area contributed by atoms with Crippen LogP contribution in [0.25, 0.3) is 23.1 Å². The smallest absolute Gasteiger partial charge is 0.245 e. The molecule has 2 aromatic carbocycles. The summed E-state index contributed by atoms with van der Waals surface area (Å²) in [5, 5.41) is 5.76. The molecule has 1 amide bonds. The first-order valence-corrected chi connectivity index (χ1v) is 13.5. The van der Waals surface area contributed by atoms with E-state index in [1.807, 2.05) is 41.2 Å². The van der Waals surface area contributed by atoms with Gasteiger partial charge in [0.25, 0.3) is 0 Å². The van der Waals surface area contributed by atoms with Crippen LogP contribution in [-0.2, 0) is 24.2 Å². The molecule has 1 aliphatic rings. The highest BCUT2D eigenvalue weighted by Gasteiger charge is 2.33. The highest BCUT2D eigenvalue weighted by molar-refractivity contribution is 7.92. The summed E-state index contributed by atoms with van der Waals surface area (Å²) in [7, 11) is -3.37. The molecule has 8 nitrogen and oxygen atoms in total. The number of nitrogens with one attached hydrogen (secondary N) is 1. The van der Waals surface area contributed by atoms with Crippen LogP contribution < -0.4 is 5.48 Å². The van der Waals surface area contributed by atoms with Crippen molar-refractivity contribution in [2.24, 2.45) is 0 Å². The third-order valence-electron chi connectivity index (χ3n) is 6.29. The summed E-state index contributed by atoms with van der Waals surface area (Å²) >= 11 is 0. The van der Waals surface area contributed by atoms with E-state index >= 15 is 0 Å². The van der Waals surface area contributed by atoms with Gasteiger partial charge in [0, 0.05) is 30.7 Å². The number of fused-ring (bicyclic) bond motifs is 1. The minimum atomic E-state index is -3.37. The summed E-state index contributed by atoms with van der Waals surface area (Å²) in [4.78, 5) is 17.5. The van der Waals surface area contributed by atoms with Crippen LogP contribution in [0.1, 0.15) is 50.3 Å². The van der Waals surface area contributed by atoms with Gasteiger partial charge in [0.1, 0.15) is 0 Å². The Labute approximate surface area is 205 Å². The van der Waals surface area contributed by atoms with Gasteiger partial charge in [0.05, 0.1) is 22.9 Å². The van der Waals surface area contributed by atoms with E-state index in [1.54, 1.807) is 0 Å². The Hall–Kier alpha value is -3.01. The molecule has 9 heteroatoms. The fourth-order valence-corrected chi connectivity index (χ4v) is 4.20. The van der Waals surface area contributed by atoms with E-state index in [-0.39, 0.29) is 12.5 Å². The molecule has 0 aliphatic carbocycles. The van der Waals surface area contributed by atoms with E-state index in [9.17, 15) is 13.2 Å². The molecule has 0 spiro atoms. The van der Waals surface area contributed by atoms with Crippen molar-refractivity contribution in [3.8, 4) is 0 Å². The second-order valence-electron chi connectivity index (χ2n) is 9.52. The Kier molecular flexibility index (Phi) is 7.39. The van der Waals surface area contributed by atoms with Gasteiger partial charge in [-0.2, -0.15) is 5.10 Å². The molecule has 0 radical (unpaired) electrons. The number of ether oxygens (including phenoxy) is 1. The Balaban J connectivity index is 1.30. The van der Waals surface area contributed by atoms with E-state index in [0.29, 0.717) is 13.0 Å². The van der Waals surface area contributed by atoms with Crippen LogP contribution in [0.15, 0.2) is 54.7 Å². The minimum Gasteiger partial charge on any atom is -0.348 e. The number of carbonyl (C=O) groups excluding carboxylic acids is 1. The van der Waals surface area contributed by atoms with Crippen LogP contribution in [-0.4, -0.2) is 48.0 Å². The van der Waals surface area contributed by atoms with Gasteiger partial charge in [-0.25, -0.2) is 18.7 Å². The average molecular weight is 498 g/mol. The number of amides is 1. The van der Waals surface area contributed by atoms with Crippen LogP contribution in [0.4, 0.5) is 0 Å². The number of hydrogen-bond acceptors (Lipinski definition) is 6. The van der Waals surface area contributed by atoms with Gasteiger partial charge < -0.3 is 4.74 Å². The summed E-state index contributed by atoms with van der Waals surface area (Å²) in [5.41, 5.74) is 5.50. The first kappa shape index (κ1) is 25.1. The van der Waals surface area contributed by atoms with E-state index < -0.39 is 26.8 Å². The lowest BCUT2D eigenvalue weighted by atomic mass is 10.1. The fraction of sp³-hybridized carbons (Fsp3) is 0.385. The average Bonchev–Trinajstić information content (AvgIpc) is 3.25. The number of aromatic nitrogens is 2. The van der Waals surface area contributed by atoms with Crippen LogP contribution in [0.2, 0.25) is 0 Å². The molecule has 186 valence electrons. The maximum Gasteiger partial charge on any atom is 0.245 e. The van der Waals surface area contributed by atoms with Gasteiger partial charge in [0.15, 0.2) is 16.1 Å². The van der Waals surface area contributed by atoms with Crippen molar-refractivity contribution in [3.05, 3.63) is 65.9 Å². The third-order valence-corrected chi connectivity index (χ3v) is 8.44. The number of hydroxylamine groups is 1. The number of benzene rings is 2. The maximum absolute atomic E-state index is 12.1. The molecule has 3 aromatic rings. The van der Waals surface area contributed by atoms with Gasteiger partial charge in [-0.05, 0) is 43.5 Å². The highest BCUT2D eigenvalue weighted by Crippen LogP contribution is 2.26. The van der Waals surface area contributed by atoms with Crippen molar-refractivity contribution >= 4 is 38.8 Å². The predicted octanol–water partition coefficient (Wildman–Crippen LogP) is 4.15. The summed E-state index contributed by atoms with van der Waals surface area (Å²) in [6.45, 7) is 3.42. The first-order chi connectivity index (χ1) is 16.6. The monoisotopic (exact) mass is 497 g/mol. The number of carbonyl (C=O) groups is 1. The molecular formula is C26H31N3O5S. The molecule has 1 fully saturated rings. The fourth-order valence-electron chi connectivity index (χ4n) is 3.81. The number of rotatable bonds is 8. The molecule has 0 bridgehead atoms. The van der Waals surface area contributed by atoms with Crippen molar-refractivity contribution < 1.29 is 22.8 Å². The molecule has 1 N–H and O–H groups in total. The Bertz CT molecular complexity index is 1310. The van der Waals surface area contributed by atoms with Crippen LogP contribution >= 0.6 is 0 Å². The Morgan fingerprint density at radius 2 is 1.91 bits per heavy atom. The van der Waals surface area contributed by atoms with Gasteiger partial charge in [-0.1, -0.05) is 48.6 Å². The van der Waals surface area contributed by atoms with Crippen LogP contribution in [0, 0.1) is 0 Å². The Morgan fingerprint density at radius 1 is 1.17 bits per heavy atom. The summed E-state index contributed by atoms with van der Waals surface area (Å²) in [5.74, 6) is -0.499. The molecule has 2 atom stereocenters. The maximum atomic E-state index is 12.1. The zero-order chi connectivity index (χ0) is 25.1. The zero-order valence-electron chi connectivity index (χ0n) is 20.2. The first-order valence-electron chi connectivity index (χ1n) is 11.6. The van der Waals surface area contributed by atoms with E-state index in [0.717, 1.165) is 34.7 Å². The molecule has 4 rings (SSSR count). The largest absolute Gasteiger partial charge is 0.348 e. The number of sulfone groups is 1. The molecule has 0 saturated carbocycles. The van der Waals surface area contributed by atoms with Gasteiger partial charge in [0.2, 0.25) is 5.91 Å². The Morgan fingerprint density at radius 3 is 2.60 bits per heavy atom. The summed E-state index contributed by atoms with van der Waals surface area (Å²) in [6.07, 6.45) is 7.88. The molecular weight excluding hydrogens is 466 g/mol. The molecule has 1 aromatic heterocycles. The van der Waals surface area contributed by atoms with Gasteiger partial charge in [-0.3, -0.25) is 9.48 Å². The van der Waals surface area contributed by atoms with Gasteiger partial charge >= 0.3 is 0 Å². The lowest BCUT2D eigenvalue weighted by Crippen LogP contribution is -2.40. The van der Waals surface area contributed by atoms with Crippen molar-refractivity contribution in [3.63, 3.8) is 0 Å². The molecule has 2 unspecified atom stereocenters. The number of hydrogen-bond donors (Lipinski definition) is 1. The van der Waals surface area contributed by atoms with Gasteiger partial charge in [-0.15, -0.1) is 0 Å². The molecule has 2 heterocycles.